The third-order valence-electron chi connectivity index (χ3n) is 5.17. The van der Waals surface area contributed by atoms with Crippen LogP contribution in [0.4, 0.5) is 4.79 Å². The number of nitrogens with two attached hydrogens (primary N) is 1. The molecule has 1 aliphatic carbocycles. The first kappa shape index (κ1) is 23.7. The summed E-state index contributed by atoms with van der Waals surface area (Å²) in [6.45, 7) is 8.59. The summed E-state index contributed by atoms with van der Waals surface area (Å²) in [6.07, 6.45) is 2.59. The number of amides is 2. The molecule has 1 aromatic rings. The van der Waals surface area contributed by atoms with E-state index in [0.29, 0.717) is 50.5 Å². The van der Waals surface area contributed by atoms with Crippen LogP contribution in [0.5, 0.6) is 5.75 Å². The molecule has 2 amide bonds. The van der Waals surface area contributed by atoms with Crippen molar-refractivity contribution >= 4 is 18.0 Å². The molecule has 9 heteroatoms. The van der Waals surface area contributed by atoms with Crippen LogP contribution in [0, 0.1) is 0 Å². The Labute approximate surface area is 189 Å². The molecule has 1 aliphatic heterocycles. The summed E-state index contributed by atoms with van der Waals surface area (Å²) in [5.74, 6) is 1.09. The lowest BCUT2D eigenvalue weighted by Crippen LogP contribution is -2.53. The van der Waals surface area contributed by atoms with E-state index < -0.39 is 5.60 Å². The van der Waals surface area contributed by atoms with Gasteiger partial charge in [-0.25, -0.2) is 4.79 Å². The summed E-state index contributed by atoms with van der Waals surface area (Å²) >= 11 is 0. The van der Waals surface area contributed by atoms with E-state index in [4.69, 9.17) is 15.2 Å². The van der Waals surface area contributed by atoms with Gasteiger partial charge in [-0.15, -0.1) is 0 Å². The first-order valence-corrected chi connectivity index (χ1v) is 11.2. The van der Waals surface area contributed by atoms with Gasteiger partial charge in [-0.2, -0.15) is 0 Å². The Kier molecular flexibility index (Phi) is 7.82. The highest BCUT2D eigenvalue weighted by Gasteiger charge is 2.26. The van der Waals surface area contributed by atoms with Crippen molar-refractivity contribution < 1.29 is 19.1 Å². The lowest BCUT2D eigenvalue weighted by Gasteiger charge is -2.36. The summed E-state index contributed by atoms with van der Waals surface area (Å²) in [5.41, 5.74) is 6.77. The minimum Gasteiger partial charge on any atom is -0.484 e. The second-order valence-corrected chi connectivity index (χ2v) is 9.22. The van der Waals surface area contributed by atoms with Crippen molar-refractivity contribution in [3.63, 3.8) is 0 Å². The van der Waals surface area contributed by atoms with E-state index in [1.165, 1.54) is 0 Å². The van der Waals surface area contributed by atoms with Gasteiger partial charge in [0.25, 0.3) is 5.91 Å². The molecule has 2 aliphatic rings. The highest BCUT2D eigenvalue weighted by molar-refractivity contribution is 5.79. The number of nitrogens with zero attached hydrogens (tertiary/aromatic N) is 3. The molecule has 0 atom stereocenters. The molecule has 32 heavy (non-hydrogen) atoms. The maximum atomic E-state index is 12.2. The van der Waals surface area contributed by atoms with Crippen LogP contribution < -0.4 is 15.8 Å². The Morgan fingerprint density at radius 3 is 2.31 bits per heavy atom. The lowest BCUT2D eigenvalue weighted by molar-refractivity contribution is -0.123. The quantitative estimate of drug-likeness (QED) is 0.489. The predicted molar refractivity (Wildman–Crippen MR) is 123 cm³/mol. The molecule has 176 valence electrons. The number of carbonyl (C=O) groups is 2. The summed E-state index contributed by atoms with van der Waals surface area (Å²) in [7, 11) is 0. The molecule has 1 saturated heterocycles. The van der Waals surface area contributed by atoms with Gasteiger partial charge in [0.15, 0.2) is 12.6 Å². The predicted octanol–water partition coefficient (Wildman–Crippen LogP) is 1.75. The zero-order valence-corrected chi connectivity index (χ0v) is 19.3. The summed E-state index contributed by atoms with van der Waals surface area (Å²) in [4.78, 5) is 32.0. The van der Waals surface area contributed by atoms with E-state index in [9.17, 15) is 9.59 Å². The maximum absolute atomic E-state index is 12.2. The molecule has 3 rings (SSSR count). The van der Waals surface area contributed by atoms with Gasteiger partial charge in [0.1, 0.15) is 11.4 Å². The fourth-order valence-electron chi connectivity index (χ4n) is 3.24. The molecular weight excluding hydrogens is 410 g/mol. The number of hydrogen-bond acceptors (Lipinski definition) is 5. The third-order valence-corrected chi connectivity index (χ3v) is 5.17. The Morgan fingerprint density at radius 1 is 1.09 bits per heavy atom. The SMILES string of the molecule is CC(C)(C)OC(=O)N1CCN(C(N)=NCCc2ccc(OCC(=O)NC3CC3)cc2)CC1. The van der Waals surface area contributed by atoms with Crippen LogP contribution in [-0.4, -0.2) is 78.7 Å². The largest absolute Gasteiger partial charge is 0.484 e. The Hall–Kier alpha value is -2.97. The Balaban J connectivity index is 1.36. The molecule has 1 aromatic carbocycles. The van der Waals surface area contributed by atoms with E-state index in [0.717, 1.165) is 24.8 Å². The zero-order chi connectivity index (χ0) is 23.1. The number of piperazine rings is 1. The van der Waals surface area contributed by atoms with E-state index in [1.807, 2.05) is 49.9 Å². The number of benzene rings is 1. The van der Waals surface area contributed by atoms with Crippen molar-refractivity contribution in [2.45, 2.75) is 51.7 Å². The number of rotatable bonds is 7. The molecule has 3 N–H and O–H groups in total. The average Bonchev–Trinajstić information content (AvgIpc) is 3.56. The van der Waals surface area contributed by atoms with E-state index in [2.05, 4.69) is 10.3 Å². The van der Waals surface area contributed by atoms with Crippen molar-refractivity contribution in [3.8, 4) is 5.75 Å². The monoisotopic (exact) mass is 445 g/mol. The van der Waals surface area contributed by atoms with Crippen LogP contribution in [0.25, 0.3) is 0 Å². The fraction of sp³-hybridized carbons (Fsp3) is 0.609. The Bertz CT molecular complexity index is 807. The van der Waals surface area contributed by atoms with Crippen LogP contribution in [0.1, 0.15) is 39.2 Å². The normalized spacial score (nSPS) is 17.2. The van der Waals surface area contributed by atoms with Crippen molar-refractivity contribution in [1.29, 1.82) is 0 Å². The smallest absolute Gasteiger partial charge is 0.410 e. The average molecular weight is 446 g/mol. The molecule has 2 fully saturated rings. The van der Waals surface area contributed by atoms with Crippen molar-refractivity contribution in [2.24, 2.45) is 10.7 Å². The molecule has 0 spiro atoms. The van der Waals surface area contributed by atoms with Gasteiger partial charge in [-0.1, -0.05) is 12.1 Å². The molecule has 1 saturated carbocycles. The van der Waals surface area contributed by atoms with Crippen molar-refractivity contribution in [1.82, 2.24) is 15.1 Å². The van der Waals surface area contributed by atoms with Gasteiger partial charge in [0, 0.05) is 38.8 Å². The second-order valence-electron chi connectivity index (χ2n) is 9.22. The molecular formula is C23H35N5O4. The topological polar surface area (TPSA) is 109 Å². The van der Waals surface area contributed by atoms with Crippen LogP contribution >= 0.6 is 0 Å². The van der Waals surface area contributed by atoms with Gasteiger partial charge in [0.2, 0.25) is 0 Å². The highest BCUT2D eigenvalue weighted by Crippen LogP contribution is 2.18. The number of hydrogen-bond donors (Lipinski definition) is 2. The Morgan fingerprint density at radius 2 is 1.72 bits per heavy atom. The van der Waals surface area contributed by atoms with Gasteiger partial charge in [-0.3, -0.25) is 9.79 Å². The molecule has 0 bridgehead atoms. The first-order valence-electron chi connectivity index (χ1n) is 11.2. The number of carbonyl (C=O) groups excluding carboxylic acids is 2. The summed E-state index contributed by atoms with van der Waals surface area (Å²) < 4.78 is 10.9. The van der Waals surface area contributed by atoms with E-state index in [1.54, 1.807) is 4.90 Å². The van der Waals surface area contributed by atoms with Crippen LogP contribution in [0.2, 0.25) is 0 Å². The number of nitrogens with one attached hydrogen (secondary N) is 1. The number of ether oxygens (including phenoxy) is 2. The van der Waals surface area contributed by atoms with Crippen LogP contribution in [-0.2, 0) is 16.0 Å². The van der Waals surface area contributed by atoms with E-state index >= 15 is 0 Å². The van der Waals surface area contributed by atoms with Crippen LogP contribution in [0.3, 0.4) is 0 Å². The highest BCUT2D eigenvalue weighted by atomic mass is 16.6. The van der Waals surface area contributed by atoms with Gasteiger partial charge >= 0.3 is 6.09 Å². The molecule has 1 heterocycles. The van der Waals surface area contributed by atoms with Gasteiger partial charge in [0.05, 0.1) is 0 Å². The maximum Gasteiger partial charge on any atom is 0.410 e. The second kappa shape index (κ2) is 10.6. The fourth-order valence-corrected chi connectivity index (χ4v) is 3.24. The molecule has 9 nitrogen and oxygen atoms in total. The minimum atomic E-state index is -0.496. The first-order chi connectivity index (χ1) is 15.2. The standard InChI is InChI=1S/C23H35N5O4/c1-23(2,3)32-22(30)28-14-12-27(13-15-28)21(24)25-11-10-17-4-8-19(9-5-17)31-16-20(29)26-18-6-7-18/h4-5,8-9,18H,6-7,10-16H2,1-3H3,(H2,24,25)(H,26,29). The number of guanidine groups is 1. The van der Waals surface area contributed by atoms with Gasteiger partial charge in [-0.05, 0) is 57.7 Å². The molecule has 0 unspecified atom stereocenters. The number of aliphatic imine (C=N–C) groups is 1. The van der Waals surface area contributed by atoms with Crippen molar-refractivity contribution in [3.05, 3.63) is 29.8 Å². The minimum absolute atomic E-state index is 0.0395. The van der Waals surface area contributed by atoms with Gasteiger partial charge < -0.3 is 30.3 Å². The van der Waals surface area contributed by atoms with Crippen LogP contribution in [0.15, 0.2) is 29.3 Å². The third kappa shape index (κ3) is 7.94. The molecule has 0 radical (unpaired) electrons. The molecule has 0 aromatic heterocycles. The zero-order valence-electron chi connectivity index (χ0n) is 19.3. The van der Waals surface area contributed by atoms with Crippen molar-refractivity contribution in [2.75, 3.05) is 39.3 Å². The lowest BCUT2D eigenvalue weighted by atomic mass is 10.1. The summed E-state index contributed by atoms with van der Waals surface area (Å²) in [6, 6.07) is 8.01. The van der Waals surface area contributed by atoms with E-state index in [-0.39, 0.29) is 18.6 Å². The summed E-state index contributed by atoms with van der Waals surface area (Å²) in [5, 5.41) is 2.90.